The van der Waals surface area contributed by atoms with E-state index < -0.39 is 0 Å². The molecule has 0 aliphatic heterocycles. The van der Waals surface area contributed by atoms with Gasteiger partial charge in [0.1, 0.15) is 10.7 Å². The molecule has 0 atom stereocenters. The van der Waals surface area contributed by atoms with Gasteiger partial charge in [-0.15, -0.1) is 0 Å². The molecule has 0 N–H and O–H groups in total. The SMILES string of the molecule is O=Cc1onc(-c2ccccc2Cl)c1Cl. The number of hydrogen-bond donors (Lipinski definition) is 0. The summed E-state index contributed by atoms with van der Waals surface area (Å²) in [5.74, 6) is 0.00610. The van der Waals surface area contributed by atoms with Gasteiger partial charge < -0.3 is 4.52 Å². The molecule has 1 heterocycles. The first kappa shape index (κ1) is 10.2. The molecule has 0 amide bonds. The first-order chi connectivity index (χ1) is 7.24. The zero-order valence-electron chi connectivity index (χ0n) is 7.41. The van der Waals surface area contributed by atoms with Crippen LogP contribution in [0.2, 0.25) is 10.0 Å². The summed E-state index contributed by atoms with van der Waals surface area (Å²) in [5.41, 5.74) is 1.02. The van der Waals surface area contributed by atoms with Crippen molar-refractivity contribution in [3.05, 3.63) is 40.1 Å². The van der Waals surface area contributed by atoms with Crippen LogP contribution in [0.5, 0.6) is 0 Å². The number of nitrogens with zero attached hydrogens (tertiary/aromatic N) is 1. The highest BCUT2D eigenvalue weighted by atomic mass is 35.5. The van der Waals surface area contributed by atoms with Gasteiger partial charge >= 0.3 is 0 Å². The van der Waals surface area contributed by atoms with Crippen molar-refractivity contribution < 1.29 is 9.32 Å². The summed E-state index contributed by atoms with van der Waals surface area (Å²) in [6.45, 7) is 0. The topological polar surface area (TPSA) is 43.1 Å². The smallest absolute Gasteiger partial charge is 0.218 e. The quantitative estimate of drug-likeness (QED) is 0.757. The van der Waals surface area contributed by atoms with Gasteiger partial charge in [0, 0.05) is 5.56 Å². The molecule has 0 unspecified atom stereocenters. The Balaban J connectivity index is 2.59. The Labute approximate surface area is 95.6 Å². The van der Waals surface area contributed by atoms with Crippen LogP contribution >= 0.6 is 23.2 Å². The van der Waals surface area contributed by atoms with E-state index in [0.29, 0.717) is 22.6 Å². The van der Waals surface area contributed by atoms with Gasteiger partial charge in [0.25, 0.3) is 0 Å². The maximum absolute atomic E-state index is 10.5. The Bertz CT molecular complexity index is 508. The van der Waals surface area contributed by atoms with Crippen molar-refractivity contribution in [2.75, 3.05) is 0 Å². The fourth-order valence-corrected chi connectivity index (χ4v) is 1.63. The van der Waals surface area contributed by atoms with Crippen molar-refractivity contribution in [1.82, 2.24) is 5.16 Å². The van der Waals surface area contributed by atoms with E-state index in [9.17, 15) is 4.79 Å². The predicted molar refractivity (Wildman–Crippen MR) is 57.3 cm³/mol. The standard InChI is InChI=1S/C10H5Cl2NO2/c11-7-4-2-1-3-6(7)10-9(12)8(5-14)15-13-10/h1-5H. The number of aldehydes is 1. The highest BCUT2D eigenvalue weighted by Crippen LogP contribution is 2.33. The van der Waals surface area contributed by atoms with Crippen LogP contribution in [0.15, 0.2) is 28.8 Å². The molecule has 1 aromatic carbocycles. The first-order valence-electron chi connectivity index (χ1n) is 4.09. The third-order valence-corrected chi connectivity index (χ3v) is 2.59. The summed E-state index contributed by atoms with van der Waals surface area (Å²) in [6.07, 6.45) is 0.510. The normalized spacial score (nSPS) is 10.3. The Kier molecular flexibility index (Phi) is 2.75. The molecule has 5 heteroatoms. The fourth-order valence-electron chi connectivity index (χ4n) is 1.19. The molecule has 0 bridgehead atoms. The highest BCUT2D eigenvalue weighted by Gasteiger charge is 2.16. The summed E-state index contributed by atoms with van der Waals surface area (Å²) in [4.78, 5) is 10.5. The van der Waals surface area contributed by atoms with E-state index >= 15 is 0 Å². The molecule has 0 spiro atoms. The molecule has 0 saturated carbocycles. The number of aromatic nitrogens is 1. The Morgan fingerprint density at radius 2 is 2.00 bits per heavy atom. The van der Waals surface area contributed by atoms with Gasteiger partial charge in [-0.05, 0) is 6.07 Å². The van der Waals surface area contributed by atoms with Crippen molar-refractivity contribution in [2.45, 2.75) is 0 Å². The average molecular weight is 242 g/mol. The van der Waals surface area contributed by atoms with Crippen LogP contribution in [0.25, 0.3) is 11.3 Å². The van der Waals surface area contributed by atoms with E-state index in [1.165, 1.54) is 0 Å². The van der Waals surface area contributed by atoms with E-state index in [1.807, 2.05) is 0 Å². The van der Waals surface area contributed by atoms with E-state index in [-0.39, 0.29) is 10.8 Å². The van der Waals surface area contributed by atoms with E-state index in [2.05, 4.69) is 5.16 Å². The lowest BCUT2D eigenvalue weighted by Gasteiger charge is -1.98. The van der Waals surface area contributed by atoms with Gasteiger partial charge in [0.2, 0.25) is 5.76 Å². The van der Waals surface area contributed by atoms with Crippen LogP contribution in [0, 0.1) is 0 Å². The Morgan fingerprint density at radius 1 is 1.27 bits per heavy atom. The van der Waals surface area contributed by atoms with Crippen molar-refractivity contribution in [2.24, 2.45) is 0 Å². The third kappa shape index (κ3) is 1.76. The lowest BCUT2D eigenvalue weighted by atomic mass is 10.1. The molecule has 15 heavy (non-hydrogen) atoms. The van der Waals surface area contributed by atoms with E-state index in [4.69, 9.17) is 27.7 Å². The Hall–Kier alpha value is -1.32. The first-order valence-corrected chi connectivity index (χ1v) is 4.85. The van der Waals surface area contributed by atoms with Crippen LogP contribution in [0.1, 0.15) is 10.6 Å². The van der Waals surface area contributed by atoms with Crippen LogP contribution in [-0.2, 0) is 0 Å². The number of carbonyl (C=O) groups excluding carboxylic acids is 1. The largest absolute Gasteiger partial charge is 0.351 e. The summed E-state index contributed by atoms with van der Waals surface area (Å²) in [5, 5.41) is 4.38. The third-order valence-electron chi connectivity index (χ3n) is 1.90. The Morgan fingerprint density at radius 3 is 2.60 bits per heavy atom. The van der Waals surface area contributed by atoms with Gasteiger partial charge in [0.05, 0.1) is 5.02 Å². The number of carbonyl (C=O) groups is 1. The molecular weight excluding hydrogens is 237 g/mol. The molecule has 0 aliphatic rings. The molecule has 0 fully saturated rings. The minimum absolute atomic E-state index is 0.00610. The summed E-state index contributed by atoms with van der Waals surface area (Å²) in [6, 6.07) is 7.05. The molecule has 2 rings (SSSR count). The second-order valence-corrected chi connectivity index (χ2v) is 3.59. The van der Waals surface area contributed by atoms with Crippen molar-refractivity contribution >= 4 is 29.5 Å². The fraction of sp³-hybridized carbons (Fsp3) is 0. The predicted octanol–water partition coefficient (Wildman–Crippen LogP) is 3.46. The monoisotopic (exact) mass is 241 g/mol. The molecule has 3 nitrogen and oxygen atoms in total. The second-order valence-electron chi connectivity index (χ2n) is 2.81. The lowest BCUT2D eigenvalue weighted by molar-refractivity contribution is 0.109. The summed E-state index contributed by atoms with van der Waals surface area (Å²) >= 11 is 11.8. The number of hydrogen-bond acceptors (Lipinski definition) is 3. The minimum Gasteiger partial charge on any atom is -0.351 e. The molecule has 76 valence electrons. The maximum Gasteiger partial charge on any atom is 0.218 e. The zero-order chi connectivity index (χ0) is 10.8. The van der Waals surface area contributed by atoms with E-state index in [0.717, 1.165) is 0 Å². The molecule has 0 saturated heterocycles. The number of halogens is 2. The molecule has 1 aromatic heterocycles. The van der Waals surface area contributed by atoms with Gasteiger partial charge in [0.15, 0.2) is 6.29 Å². The van der Waals surface area contributed by atoms with Gasteiger partial charge in [-0.1, -0.05) is 46.6 Å². The lowest BCUT2D eigenvalue weighted by Crippen LogP contribution is -1.80. The molecule has 0 radical (unpaired) electrons. The highest BCUT2D eigenvalue weighted by molar-refractivity contribution is 6.37. The van der Waals surface area contributed by atoms with Crippen molar-refractivity contribution in [3.63, 3.8) is 0 Å². The van der Waals surface area contributed by atoms with Crippen LogP contribution < -0.4 is 0 Å². The molecular formula is C10H5Cl2NO2. The number of rotatable bonds is 2. The summed E-state index contributed by atoms with van der Waals surface area (Å²) < 4.78 is 4.75. The maximum atomic E-state index is 10.5. The zero-order valence-corrected chi connectivity index (χ0v) is 8.92. The van der Waals surface area contributed by atoms with Gasteiger partial charge in [-0.3, -0.25) is 4.79 Å². The van der Waals surface area contributed by atoms with Crippen molar-refractivity contribution in [3.8, 4) is 11.3 Å². The summed E-state index contributed by atoms with van der Waals surface area (Å²) in [7, 11) is 0. The van der Waals surface area contributed by atoms with Crippen LogP contribution in [0.4, 0.5) is 0 Å². The van der Waals surface area contributed by atoms with Crippen LogP contribution in [-0.4, -0.2) is 11.4 Å². The average Bonchev–Trinajstić information content (AvgIpc) is 2.60. The van der Waals surface area contributed by atoms with E-state index in [1.54, 1.807) is 24.3 Å². The minimum atomic E-state index is 0.00610. The van der Waals surface area contributed by atoms with Gasteiger partial charge in [-0.2, -0.15) is 0 Å². The number of benzene rings is 1. The van der Waals surface area contributed by atoms with Gasteiger partial charge in [-0.25, -0.2) is 0 Å². The molecule has 2 aromatic rings. The van der Waals surface area contributed by atoms with Crippen molar-refractivity contribution in [1.29, 1.82) is 0 Å². The van der Waals surface area contributed by atoms with Crippen LogP contribution in [0.3, 0.4) is 0 Å². The molecule has 0 aliphatic carbocycles. The second kappa shape index (κ2) is 4.04.